The molecule has 0 saturated carbocycles. The second kappa shape index (κ2) is 12.4. The molecular formula is C33H28N2O4S2. The standard InChI is InChI=1S/C33H28N2O4S2/c1-21-16-22(2)31(23(3)17-21)34-30(36)20-38-28-11-7-8-24(18-28)19-29-32(37)35(33(40)41-29)25-12-14-27(15-13-25)39-26-9-5-4-6-10-26/h4-19H,20H2,1-3H3,(H,34,36)/b29-19-. The number of aryl methyl sites for hydroxylation is 3. The summed E-state index contributed by atoms with van der Waals surface area (Å²) in [5, 5.41) is 2.94. The molecule has 41 heavy (non-hydrogen) atoms. The van der Waals surface area contributed by atoms with E-state index in [1.165, 1.54) is 16.7 Å². The average molecular weight is 581 g/mol. The van der Waals surface area contributed by atoms with Gasteiger partial charge in [0, 0.05) is 5.69 Å². The largest absolute Gasteiger partial charge is 0.484 e. The van der Waals surface area contributed by atoms with Crippen LogP contribution >= 0.6 is 24.0 Å². The van der Waals surface area contributed by atoms with Crippen LogP contribution in [0.15, 0.2) is 95.9 Å². The molecule has 1 aliphatic heterocycles. The van der Waals surface area contributed by atoms with Crippen LogP contribution in [0.4, 0.5) is 11.4 Å². The summed E-state index contributed by atoms with van der Waals surface area (Å²) in [5.74, 6) is 1.47. The second-order valence-corrected chi connectivity index (χ2v) is 11.3. The quantitative estimate of drug-likeness (QED) is 0.169. The maximum Gasteiger partial charge on any atom is 0.270 e. The van der Waals surface area contributed by atoms with E-state index in [0.29, 0.717) is 26.4 Å². The van der Waals surface area contributed by atoms with E-state index in [9.17, 15) is 9.59 Å². The summed E-state index contributed by atoms with van der Waals surface area (Å²) in [5.41, 5.74) is 5.39. The van der Waals surface area contributed by atoms with Crippen LogP contribution in [0.25, 0.3) is 6.08 Å². The molecular weight excluding hydrogens is 553 g/mol. The molecule has 0 aromatic heterocycles. The van der Waals surface area contributed by atoms with E-state index in [0.717, 1.165) is 33.7 Å². The molecule has 0 unspecified atom stereocenters. The van der Waals surface area contributed by atoms with Crippen LogP contribution < -0.4 is 19.7 Å². The Morgan fingerprint density at radius 3 is 2.24 bits per heavy atom. The van der Waals surface area contributed by atoms with Gasteiger partial charge >= 0.3 is 0 Å². The first-order valence-electron chi connectivity index (χ1n) is 13.0. The van der Waals surface area contributed by atoms with Gasteiger partial charge in [0.05, 0.1) is 10.6 Å². The highest BCUT2D eigenvalue weighted by Crippen LogP contribution is 2.37. The Hall–Kier alpha value is -4.40. The molecule has 1 aliphatic rings. The van der Waals surface area contributed by atoms with Crippen LogP contribution in [0.5, 0.6) is 17.2 Å². The third-order valence-corrected chi connectivity index (χ3v) is 7.64. The van der Waals surface area contributed by atoms with Gasteiger partial charge < -0.3 is 14.8 Å². The molecule has 0 atom stereocenters. The zero-order valence-corrected chi connectivity index (χ0v) is 24.5. The number of carbonyl (C=O) groups is 2. The predicted octanol–water partition coefficient (Wildman–Crippen LogP) is 7.83. The number of hydrogen-bond donors (Lipinski definition) is 1. The average Bonchev–Trinajstić information content (AvgIpc) is 3.23. The third kappa shape index (κ3) is 6.85. The van der Waals surface area contributed by atoms with Crippen molar-refractivity contribution in [3.05, 3.63) is 118 Å². The van der Waals surface area contributed by atoms with Crippen molar-refractivity contribution in [3.8, 4) is 17.2 Å². The molecule has 1 N–H and O–H groups in total. The van der Waals surface area contributed by atoms with E-state index in [-0.39, 0.29) is 18.4 Å². The third-order valence-electron chi connectivity index (χ3n) is 6.33. The number of para-hydroxylation sites is 1. The van der Waals surface area contributed by atoms with Gasteiger partial charge in [-0.15, -0.1) is 0 Å². The number of carbonyl (C=O) groups excluding carboxylic acids is 2. The lowest BCUT2D eigenvalue weighted by Gasteiger charge is -2.15. The number of thiocarbonyl (C=S) groups is 1. The van der Waals surface area contributed by atoms with Gasteiger partial charge in [-0.05, 0) is 92.1 Å². The van der Waals surface area contributed by atoms with Gasteiger partial charge in [-0.3, -0.25) is 14.5 Å². The van der Waals surface area contributed by atoms with Gasteiger partial charge in [-0.1, -0.05) is 72.0 Å². The van der Waals surface area contributed by atoms with Crippen LogP contribution in [0, 0.1) is 20.8 Å². The second-order valence-electron chi connectivity index (χ2n) is 9.61. The number of nitrogens with one attached hydrogen (secondary N) is 1. The number of thioether (sulfide) groups is 1. The number of amides is 2. The van der Waals surface area contributed by atoms with Gasteiger partial charge in [-0.2, -0.15) is 0 Å². The van der Waals surface area contributed by atoms with Crippen LogP contribution in [0.2, 0.25) is 0 Å². The lowest BCUT2D eigenvalue weighted by atomic mass is 10.1. The normalized spacial score (nSPS) is 13.9. The zero-order valence-electron chi connectivity index (χ0n) is 22.8. The number of anilines is 2. The fourth-order valence-electron chi connectivity index (χ4n) is 4.53. The molecule has 0 radical (unpaired) electrons. The molecule has 4 aromatic carbocycles. The highest BCUT2D eigenvalue weighted by atomic mass is 32.2. The summed E-state index contributed by atoms with van der Waals surface area (Å²) < 4.78 is 12.1. The molecule has 1 saturated heterocycles. The highest BCUT2D eigenvalue weighted by molar-refractivity contribution is 8.27. The van der Waals surface area contributed by atoms with Crippen molar-refractivity contribution in [1.29, 1.82) is 0 Å². The molecule has 5 rings (SSSR count). The topological polar surface area (TPSA) is 67.9 Å². The van der Waals surface area contributed by atoms with Crippen molar-refractivity contribution >= 4 is 57.6 Å². The Morgan fingerprint density at radius 1 is 0.878 bits per heavy atom. The fraction of sp³-hybridized carbons (Fsp3) is 0.121. The Morgan fingerprint density at radius 2 is 1.54 bits per heavy atom. The van der Waals surface area contributed by atoms with Crippen LogP contribution in [0.1, 0.15) is 22.3 Å². The first-order valence-corrected chi connectivity index (χ1v) is 14.2. The van der Waals surface area contributed by atoms with Gasteiger partial charge in [0.15, 0.2) is 10.9 Å². The van der Waals surface area contributed by atoms with Crippen molar-refractivity contribution in [2.24, 2.45) is 0 Å². The summed E-state index contributed by atoms with van der Waals surface area (Å²) in [6.07, 6.45) is 1.78. The molecule has 1 heterocycles. The molecule has 0 spiro atoms. The minimum absolute atomic E-state index is 0.137. The first-order chi connectivity index (χ1) is 19.8. The zero-order chi connectivity index (χ0) is 28.9. The van der Waals surface area contributed by atoms with Crippen LogP contribution in [-0.2, 0) is 9.59 Å². The Kier molecular flexibility index (Phi) is 8.52. The molecule has 4 aromatic rings. The molecule has 0 aliphatic carbocycles. The SMILES string of the molecule is Cc1cc(C)c(NC(=O)COc2cccc(/C=C3\SC(=S)N(c4ccc(Oc5ccccc5)cc4)C3=O)c2)c(C)c1. The number of benzene rings is 4. The van der Waals surface area contributed by atoms with Crippen LogP contribution in [-0.4, -0.2) is 22.7 Å². The van der Waals surface area contributed by atoms with E-state index in [2.05, 4.69) is 5.32 Å². The molecule has 206 valence electrons. The summed E-state index contributed by atoms with van der Waals surface area (Å²) in [6.45, 7) is 5.83. The van der Waals surface area contributed by atoms with E-state index < -0.39 is 0 Å². The predicted molar refractivity (Wildman–Crippen MR) is 170 cm³/mol. The van der Waals surface area contributed by atoms with Crippen molar-refractivity contribution in [3.63, 3.8) is 0 Å². The van der Waals surface area contributed by atoms with Crippen molar-refractivity contribution in [2.45, 2.75) is 20.8 Å². The lowest BCUT2D eigenvalue weighted by molar-refractivity contribution is -0.118. The summed E-state index contributed by atoms with van der Waals surface area (Å²) in [6, 6.07) is 28.0. The van der Waals surface area contributed by atoms with E-state index in [1.807, 2.05) is 99.6 Å². The molecule has 8 heteroatoms. The summed E-state index contributed by atoms with van der Waals surface area (Å²) >= 11 is 6.77. The smallest absolute Gasteiger partial charge is 0.270 e. The van der Waals surface area contributed by atoms with E-state index in [4.69, 9.17) is 21.7 Å². The Balaban J connectivity index is 1.23. The van der Waals surface area contributed by atoms with Crippen LogP contribution in [0.3, 0.4) is 0 Å². The minimum atomic E-state index is -0.244. The monoisotopic (exact) mass is 580 g/mol. The van der Waals surface area contributed by atoms with Crippen molar-refractivity contribution in [2.75, 3.05) is 16.8 Å². The maximum atomic E-state index is 13.3. The van der Waals surface area contributed by atoms with Gasteiger partial charge in [-0.25, -0.2) is 0 Å². The lowest BCUT2D eigenvalue weighted by Crippen LogP contribution is -2.27. The number of ether oxygens (including phenoxy) is 2. The number of rotatable bonds is 8. The Bertz CT molecular complexity index is 1630. The maximum absolute atomic E-state index is 13.3. The van der Waals surface area contributed by atoms with Gasteiger partial charge in [0.1, 0.15) is 17.2 Å². The highest BCUT2D eigenvalue weighted by Gasteiger charge is 2.33. The fourth-order valence-corrected chi connectivity index (χ4v) is 5.82. The first kappa shape index (κ1) is 28.1. The minimum Gasteiger partial charge on any atom is -0.484 e. The summed E-state index contributed by atoms with van der Waals surface area (Å²) in [7, 11) is 0. The van der Waals surface area contributed by atoms with E-state index in [1.54, 1.807) is 18.2 Å². The van der Waals surface area contributed by atoms with Crippen molar-refractivity contribution in [1.82, 2.24) is 0 Å². The van der Waals surface area contributed by atoms with E-state index >= 15 is 0 Å². The number of hydrogen-bond acceptors (Lipinski definition) is 6. The van der Waals surface area contributed by atoms with Gasteiger partial charge in [0.2, 0.25) is 0 Å². The number of nitrogens with zero attached hydrogens (tertiary/aromatic N) is 1. The Labute approximate surface area is 249 Å². The molecule has 0 bridgehead atoms. The molecule has 2 amide bonds. The van der Waals surface area contributed by atoms with Gasteiger partial charge in [0.25, 0.3) is 11.8 Å². The summed E-state index contributed by atoms with van der Waals surface area (Å²) in [4.78, 5) is 27.9. The molecule has 1 fully saturated rings. The molecule has 6 nitrogen and oxygen atoms in total. The van der Waals surface area contributed by atoms with Crippen molar-refractivity contribution < 1.29 is 19.1 Å².